The van der Waals surface area contributed by atoms with Crippen molar-refractivity contribution >= 4 is 29.1 Å². The highest BCUT2D eigenvalue weighted by molar-refractivity contribution is 6.35. The van der Waals surface area contributed by atoms with Gasteiger partial charge < -0.3 is 14.7 Å². The highest BCUT2D eigenvalue weighted by Gasteiger charge is 2.63. The lowest BCUT2D eigenvalue weighted by Crippen LogP contribution is -2.50. The third-order valence-electron chi connectivity index (χ3n) is 6.82. The standard InChI is InChI=1S/C29H25Cl2F4NO3/c1-3-24-19(13-20-14-26(32)28(20,38)29(33,34)35)9-11-22(39-25-12-10-21(30)15-23(25)31)16-36(24)27(37)17(2)18-7-5-4-6-8-18/h3-8,10,12-13,15,17,22,38H,9,11,16H2,1-2H3/b19-13-,24-3?/t17-,22-,28?/m0/s1. The predicted molar refractivity (Wildman–Crippen MR) is 141 cm³/mol. The first-order chi connectivity index (χ1) is 18.4. The molecule has 1 N–H and O–H groups in total. The Bertz CT molecular complexity index is 1400. The van der Waals surface area contributed by atoms with Gasteiger partial charge in [-0.15, -0.1) is 0 Å². The summed E-state index contributed by atoms with van der Waals surface area (Å²) in [5.41, 5.74) is -1.18. The lowest BCUT2D eigenvalue weighted by atomic mass is 9.82. The van der Waals surface area contributed by atoms with E-state index in [0.717, 1.165) is 11.6 Å². The summed E-state index contributed by atoms with van der Waals surface area (Å²) in [6.07, 6.45) is -2.76. The zero-order valence-corrected chi connectivity index (χ0v) is 22.5. The molecule has 3 atom stereocenters. The molecule has 1 saturated heterocycles. The van der Waals surface area contributed by atoms with E-state index in [0.29, 0.717) is 22.0 Å². The molecule has 2 aromatic carbocycles. The van der Waals surface area contributed by atoms with E-state index in [1.807, 2.05) is 23.9 Å². The SMILES string of the molecule is CC=C1/C(=C\C2=C=C(F)C2(O)C(F)(F)F)CC[C@H](Oc2ccc(Cl)cc2Cl)CN1C(=O)[C@@H](C)c1ccccc1. The van der Waals surface area contributed by atoms with Crippen molar-refractivity contribution in [1.82, 2.24) is 4.90 Å². The number of benzene rings is 2. The number of carbonyl (C=O) groups excluding carboxylic acids is 1. The largest absolute Gasteiger partial charge is 0.487 e. The second kappa shape index (κ2) is 11.2. The number of aliphatic hydroxyl groups is 1. The van der Waals surface area contributed by atoms with Crippen molar-refractivity contribution < 1.29 is 32.2 Å². The third-order valence-corrected chi connectivity index (χ3v) is 7.35. The molecule has 39 heavy (non-hydrogen) atoms. The summed E-state index contributed by atoms with van der Waals surface area (Å²) < 4.78 is 60.6. The van der Waals surface area contributed by atoms with Crippen LogP contribution in [0.4, 0.5) is 17.6 Å². The summed E-state index contributed by atoms with van der Waals surface area (Å²) in [6, 6.07) is 13.8. The summed E-state index contributed by atoms with van der Waals surface area (Å²) in [5, 5.41) is 10.8. The number of ether oxygens (including phenoxy) is 1. The average Bonchev–Trinajstić information content (AvgIpc) is 3.07. The molecule has 4 rings (SSSR count). The normalized spacial score (nSPS) is 24.5. The van der Waals surface area contributed by atoms with E-state index in [2.05, 4.69) is 0 Å². The van der Waals surface area contributed by atoms with E-state index in [-0.39, 0.29) is 30.3 Å². The van der Waals surface area contributed by atoms with Crippen molar-refractivity contribution in [2.24, 2.45) is 0 Å². The molecule has 2 aromatic rings. The Kier molecular flexibility index (Phi) is 8.33. The van der Waals surface area contributed by atoms with Crippen molar-refractivity contribution in [3.8, 4) is 5.75 Å². The summed E-state index contributed by atoms with van der Waals surface area (Å²) in [7, 11) is 0. The van der Waals surface area contributed by atoms with Gasteiger partial charge in [-0.25, -0.2) is 0 Å². The molecule has 2 aliphatic rings. The van der Waals surface area contributed by atoms with E-state index >= 15 is 0 Å². The molecule has 1 amide bonds. The Balaban J connectivity index is 1.74. The van der Waals surface area contributed by atoms with Gasteiger partial charge in [0.1, 0.15) is 11.9 Å². The average molecular weight is 582 g/mol. The fraction of sp³-hybridized carbons (Fsp3) is 0.310. The second-order valence-corrected chi connectivity index (χ2v) is 10.2. The van der Waals surface area contributed by atoms with E-state index in [4.69, 9.17) is 27.9 Å². The quantitative estimate of drug-likeness (QED) is 0.291. The first kappa shape index (κ1) is 29.0. The number of allylic oxidation sites excluding steroid dienone is 2. The van der Waals surface area contributed by atoms with Crippen LogP contribution >= 0.6 is 23.2 Å². The van der Waals surface area contributed by atoms with Crippen LogP contribution in [0.15, 0.2) is 89.1 Å². The van der Waals surface area contributed by atoms with Crippen molar-refractivity contribution in [2.45, 2.75) is 50.5 Å². The minimum Gasteiger partial charge on any atom is -0.487 e. The topological polar surface area (TPSA) is 49.8 Å². The molecule has 1 fully saturated rings. The van der Waals surface area contributed by atoms with E-state index in [1.165, 1.54) is 11.0 Å². The monoisotopic (exact) mass is 581 g/mol. The van der Waals surface area contributed by atoms with Crippen LogP contribution in [-0.4, -0.2) is 40.3 Å². The van der Waals surface area contributed by atoms with Gasteiger partial charge in [0.15, 0.2) is 5.83 Å². The predicted octanol–water partition coefficient (Wildman–Crippen LogP) is 7.68. The maximum atomic E-state index is 13.9. The van der Waals surface area contributed by atoms with Gasteiger partial charge >= 0.3 is 6.18 Å². The number of nitrogens with zero attached hydrogens (tertiary/aromatic N) is 1. The van der Waals surface area contributed by atoms with Crippen LogP contribution in [0.2, 0.25) is 10.0 Å². The lowest BCUT2D eigenvalue weighted by molar-refractivity contribution is -0.237. The molecule has 1 aliphatic carbocycles. The molecule has 0 aromatic heterocycles. The van der Waals surface area contributed by atoms with Crippen molar-refractivity contribution in [1.29, 1.82) is 0 Å². The Hall–Kier alpha value is -3.03. The van der Waals surface area contributed by atoms with Crippen LogP contribution < -0.4 is 4.74 Å². The molecule has 0 saturated carbocycles. The number of alkyl halides is 3. The molecule has 10 heteroatoms. The van der Waals surface area contributed by atoms with Crippen LogP contribution in [0.3, 0.4) is 0 Å². The second-order valence-electron chi connectivity index (χ2n) is 9.34. The summed E-state index contributed by atoms with van der Waals surface area (Å²) in [6.45, 7) is 3.45. The molecule has 206 valence electrons. The van der Waals surface area contributed by atoms with Gasteiger partial charge in [0.2, 0.25) is 5.91 Å². The number of halogens is 6. The lowest BCUT2D eigenvalue weighted by Gasteiger charge is -2.34. The summed E-state index contributed by atoms with van der Waals surface area (Å²) >= 11 is 12.3. The molecule has 1 aliphatic heterocycles. The zero-order chi connectivity index (χ0) is 28.5. The van der Waals surface area contributed by atoms with Crippen LogP contribution in [0.25, 0.3) is 0 Å². The van der Waals surface area contributed by atoms with Gasteiger partial charge in [-0.2, -0.15) is 17.6 Å². The smallest absolute Gasteiger partial charge is 0.429 e. The van der Waals surface area contributed by atoms with Gasteiger partial charge in [-0.05, 0) is 62.1 Å². The molecule has 0 spiro atoms. The van der Waals surface area contributed by atoms with E-state index in [9.17, 15) is 27.5 Å². The van der Waals surface area contributed by atoms with Crippen LogP contribution in [0.1, 0.15) is 38.2 Å². The van der Waals surface area contributed by atoms with Crippen molar-refractivity contribution in [3.05, 3.63) is 105 Å². The molecule has 1 unspecified atom stereocenters. The van der Waals surface area contributed by atoms with Gasteiger partial charge in [0.25, 0.3) is 5.60 Å². The Labute approximate surface area is 233 Å². The molecule has 4 nitrogen and oxygen atoms in total. The molecule has 0 bridgehead atoms. The fourth-order valence-corrected chi connectivity index (χ4v) is 5.07. The number of rotatable bonds is 5. The maximum absolute atomic E-state index is 13.9. The highest BCUT2D eigenvalue weighted by Crippen LogP contribution is 2.48. The molecular weight excluding hydrogens is 557 g/mol. The summed E-state index contributed by atoms with van der Waals surface area (Å²) in [5.74, 6) is -2.37. The van der Waals surface area contributed by atoms with E-state index < -0.39 is 35.2 Å². The Morgan fingerprint density at radius 2 is 1.92 bits per heavy atom. The number of likely N-dealkylation sites (tertiary alicyclic amines) is 1. The maximum Gasteiger partial charge on any atom is 0.429 e. The Morgan fingerprint density at radius 1 is 1.23 bits per heavy atom. The molecule has 0 radical (unpaired) electrons. The number of amides is 1. The van der Waals surface area contributed by atoms with Gasteiger partial charge in [0, 0.05) is 16.3 Å². The van der Waals surface area contributed by atoms with Crippen LogP contribution in [0, 0.1) is 0 Å². The van der Waals surface area contributed by atoms with Gasteiger partial charge in [-0.3, -0.25) is 4.79 Å². The minimum absolute atomic E-state index is 0.0682. The Morgan fingerprint density at radius 3 is 2.51 bits per heavy atom. The van der Waals surface area contributed by atoms with Gasteiger partial charge in [-0.1, -0.05) is 65.3 Å². The molecule has 1 heterocycles. The van der Waals surface area contributed by atoms with Crippen LogP contribution in [-0.2, 0) is 4.79 Å². The van der Waals surface area contributed by atoms with Crippen molar-refractivity contribution in [3.63, 3.8) is 0 Å². The van der Waals surface area contributed by atoms with E-state index in [1.54, 1.807) is 44.2 Å². The first-order valence-corrected chi connectivity index (χ1v) is 12.9. The first-order valence-electron chi connectivity index (χ1n) is 12.2. The zero-order valence-electron chi connectivity index (χ0n) is 21.0. The summed E-state index contributed by atoms with van der Waals surface area (Å²) in [4.78, 5) is 15.3. The third kappa shape index (κ3) is 5.66. The number of carbonyl (C=O) groups is 1. The van der Waals surface area contributed by atoms with Crippen LogP contribution in [0.5, 0.6) is 5.75 Å². The fourth-order valence-electron chi connectivity index (χ4n) is 4.62. The van der Waals surface area contributed by atoms with Gasteiger partial charge in [0.05, 0.1) is 17.5 Å². The minimum atomic E-state index is -5.27. The molecular formula is C29H25Cl2F4NO3. The highest BCUT2D eigenvalue weighted by atomic mass is 35.5. The van der Waals surface area contributed by atoms with Crippen molar-refractivity contribution in [2.75, 3.05) is 6.54 Å². The number of hydrogen-bond acceptors (Lipinski definition) is 3. The number of hydrogen-bond donors (Lipinski definition) is 1.